The molecule has 19 heavy (non-hydrogen) atoms. The van der Waals surface area contributed by atoms with E-state index in [1.54, 1.807) is 19.1 Å². The van der Waals surface area contributed by atoms with Crippen molar-refractivity contribution in [2.75, 3.05) is 19.8 Å². The topological polar surface area (TPSA) is 44.8 Å². The van der Waals surface area contributed by atoms with Gasteiger partial charge in [0.15, 0.2) is 16.9 Å². The normalized spacial score (nSPS) is 15.5. The molecule has 0 saturated carbocycles. The van der Waals surface area contributed by atoms with Gasteiger partial charge in [-0.1, -0.05) is 11.6 Å². The molecule has 1 aromatic carbocycles. The van der Waals surface area contributed by atoms with Crippen LogP contribution in [0.3, 0.4) is 0 Å². The lowest BCUT2D eigenvalue weighted by Gasteiger charge is -2.14. The Morgan fingerprint density at radius 2 is 2.16 bits per heavy atom. The lowest BCUT2D eigenvalue weighted by molar-refractivity contribution is -0.142. The third kappa shape index (κ3) is 3.25. The number of hydrogen-bond donors (Lipinski definition) is 0. The molecule has 1 aliphatic rings. The molecule has 104 valence electrons. The summed E-state index contributed by atoms with van der Waals surface area (Å²) in [5, 5.41) is -0.529. The molecule has 1 heterocycles. The van der Waals surface area contributed by atoms with Gasteiger partial charge in [-0.25, -0.2) is 0 Å². The van der Waals surface area contributed by atoms with Crippen LogP contribution in [0.5, 0.6) is 11.5 Å². The van der Waals surface area contributed by atoms with E-state index < -0.39 is 11.3 Å². The minimum atomic E-state index is -0.908. The van der Waals surface area contributed by atoms with Crippen molar-refractivity contribution in [2.45, 2.75) is 18.7 Å². The summed E-state index contributed by atoms with van der Waals surface area (Å²) in [7, 11) is 0. The van der Waals surface area contributed by atoms with Crippen molar-refractivity contribution < 1.29 is 19.0 Å². The second-order valence-corrected chi connectivity index (χ2v) is 4.84. The van der Waals surface area contributed by atoms with Gasteiger partial charge in [-0.15, -0.1) is 11.6 Å². The van der Waals surface area contributed by atoms with Crippen LogP contribution >= 0.6 is 23.2 Å². The highest BCUT2D eigenvalue weighted by Crippen LogP contribution is 2.40. The summed E-state index contributed by atoms with van der Waals surface area (Å²) >= 11 is 12.2. The molecule has 0 aromatic heterocycles. The van der Waals surface area contributed by atoms with Gasteiger partial charge in [0.25, 0.3) is 0 Å². The summed E-state index contributed by atoms with van der Waals surface area (Å²) in [4.78, 5) is 11.6. The summed E-state index contributed by atoms with van der Waals surface area (Å²) in [5.74, 6) is 0.500. The first-order chi connectivity index (χ1) is 9.13. The molecule has 1 unspecified atom stereocenters. The maximum absolute atomic E-state index is 11.6. The number of hydrogen-bond acceptors (Lipinski definition) is 4. The zero-order valence-electron chi connectivity index (χ0n) is 10.4. The van der Waals surface area contributed by atoms with E-state index in [0.717, 1.165) is 6.42 Å². The van der Waals surface area contributed by atoms with Crippen LogP contribution in [0.4, 0.5) is 0 Å². The number of carbonyl (C=O) groups excluding carboxylic acids is 1. The molecule has 0 radical (unpaired) electrons. The summed E-state index contributed by atoms with van der Waals surface area (Å²) in [6, 6.07) is 3.27. The average molecular weight is 305 g/mol. The highest BCUT2D eigenvalue weighted by atomic mass is 35.5. The first-order valence-electron chi connectivity index (χ1n) is 6.03. The average Bonchev–Trinajstić information content (AvgIpc) is 2.63. The van der Waals surface area contributed by atoms with Crippen molar-refractivity contribution in [3.05, 3.63) is 22.7 Å². The number of carbonyl (C=O) groups is 1. The van der Waals surface area contributed by atoms with Gasteiger partial charge < -0.3 is 14.2 Å². The SMILES string of the molecule is CCOC(=O)C(Cl)c1cc(Cl)c2c(c1)OCCCO2. The molecule has 2 rings (SSSR count). The van der Waals surface area contributed by atoms with Crippen LogP contribution in [-0.2, 0) is 9.53 Å². The molecule has 0 amide bonds. The Morgan fingerprint density at radius 1 is 1.42 bits per heavy atom. The highest BCUT2D eigenvalue weighted by Gasteiger charge is 2.23. The summed E-state index contributed by atoms with van der Waals surface area (Å²) in [6.07, 6.45) is 0.780. The van der Waals surface area contributed by atoms with Gasteiger partial charge in [-0.05, 0) is 24.6 Å². The van der Waals surface area contributed by atoms with Crippen molar-refractivity contribution >= 4 is 29.2 Å². The predicted molar refractivity (Wildman–Crippen MR) is 72.3 cm³/mol. The van der Waals surface area contributed by atoms with Crippen molar-refractivity contribution in [1.29, 1.82) is 0 Å². The van der Waals surface area contributed by atoms with Crippen LogP contribution < -0.4 is 9.47 Å². The lowest BCUT2D eigenvalue weighted by atomic mass is 10.1. The molecular formula is C13H14Cl2O4. The Balaban J connectivity index is 2.30. The molecule has 0 bridgehead atoms. The number of halogens is 2. The fourth-order valence-electron chi connectivity index (χ4n) is 1.75. The van der Waals surface area contributed by atoms with Crippen molar-refractivity contribution in [2.24, 2.45) is 0 Å². The first-order valence-corrected chi connectivity index (χ1v) is 6.84. The molecule has 1 aliphatic heterocycles. The van der Waals surface area contributed by atoms with Crippen molar-refractivity contribution in [3.63, 3.8) is 0 Å². The van der Waals surface area contributed by atoms with Crippen LogP contribution in [0.15, 0.2) is 12.1 Å². The van der Waals surface area contributed by atoms with E-state index >= 15 is 0 Å². The Labute approximate surface area is 121 Å². The Hall–Kier alpha value is -1.13. The zero-order valence-corrected chi connectivity index (χ0v) is 12.0. The molecule has 4 nitrogen and oxygen atoms in total. The van der Waals surface area contributed by atoms with Gasteiger partial charge in [0.2, 0.25) is 0 Å². The van der Waals surface area contributed by atoms with Crippen molar-refractivity contribution in [3.8, 4) is 11.5 Å². The largest absolute Gasteiger partial charge is 0.489 e. The molecule has 0 fully saturated rings. The molecule has 0 aliphatic carbocycles. The van der Waals surface area contributed by atoms with Crippen LogP contribution in [0, 0.1) is 0 Å². The summed E-state index contributed by atoms with van der Waals surface area (Å²) < 4.78 is 15.9. The van der Waals surface area contributed by atoms with Gasteiger partial charge in [-0.3, -0.25) is 4.79 Å². The van der Waals surface area contributed by atoms with E-state index in [9.17, 15) is 4.79 Å². The summed E-state index contributed by atoms with van der Waals surface area (Å²) in [6.45, 7) is 3.09. The Kier molecular flexibility index (Phi) is 4.77. The molecule has 1 atom stereocenters. The maximum atomic E-state index is 11.6. The lowest BCUT2D eigenvalue weighted by Crippen LogP contribution is -2.11. The predicted octanol–water partition coefficient (Wildman–Crippen LogP) is 3.34. The molecule has 1 aromatic rings. The Morgan fingerprint density at radius 3 is 2.89 bits per heavy atom. The smallest absolute Gasteiger partial charge is 0.328 e. The van der Waals surface area contributed by atoms with E-state index in [2.05, 4.69) is 0 Å². The van der Waals surface area contributed by atoms with Crippen LogP contribution in [0.1, 0.15) is 24.3 Å². The van der Waals surface area contributed by atoms with Gasteiger partial charge in [-0.2, -0.15) is 0 Å². The van der Waals surface area contributed by atoms with Gasteiger partial charge in [0.1, 0.15) is 0 Å². The van der Waals surface area contributed by atoms with E-state index in [4.69, 9.17) is 37.4 Å². The van der Waals surface area contributed by atoms with Crippen molar-refractivity contribution in [1.82, 2.24) is 0 Å². The quantitative estimate of drug-likeness (QED) is 0.634. The highest BCUT2D eigenvalue weighted by molar-refractivity contribution is 6.33. The minimum Gasteiger partial charge on any atom is -0.489 e. The molecule has 0 spiro atoms. The third-order valence-corrected chi connectivity index (χ3v) is 3.32. The fourth-order valence-corrected chi connectivity index (χ4v) is 2.21. The minimum absolute atomic E-state index is 0.278. The van der Waals surface area contributed by atoms with Crippen LogP contribution in [0.2, 0.25) is 5.02 Å². The number of esters is 1. The number of rotatable bonds is 3. The van der Waals surface area contributed by atoms with Crippen LogP contribution in [-0.4, -0.2) is 25.8 Å². The van der Waals surface area contributed by atoms with E-state index in [0.29, 0.717) is 35.3 Å². The van der Waals surface area contributed by atoms with Gasteiger partial charge >= 0.3 is 5.97 Å². The monoisotopic (exact) mass is 304 g/mol. The van der Waals surface area contributed by atoms with Crippen LogP contribution in [0.25, 0.3) is 0 Å². The number of benzene rings is 1. The zero-order chi connectivity index (χ0) is 13.8. The van der Waals surface area contributed by atoms with Gasteiger partial charge in [0.05, 0.1) is 24.8 Å². The number of ether oxygens (including phenoxy) is 3. The number of alkyl halides is 1. The summed E-state index contributed by atoms with van der Waals surface area (Å²) in [5.41, 5.74) is 0.536. The first kappa shape index (κ1) is 14.3. The molecule has 0 N–H and O–H groups in total. The molecular weight excluding hydrogens is 291 g/mol. The molecule has 6 heteroatoms. The second-order valence-electron chi connectivity index (χ2n) is 4.00. The molecule has 0 saturated heterocycles. The number of fused-ring (bicyclic) bond motifs is 1. The third-order valence-electron chi connectivity index (χ3n) is 2.61. The standard InChI is InChI=1S/C13H14Cl2O4/c1-2-17-13(16)11(15)8-6-9(14)12-10(7-8)18-4-3-5-19-12/h6-7,11H,2-5H2,1H3. The van der Waals surface area contributed by atoms with E-state index in [1.807, 2.05) is 0 Å². The fraction of sp³-hybridized carbons (Fsp3) is 0.462. The van der Waals surface area contributed by atoms with E-state index in [1.165, 1.54) is 0 Å². The van der Waals surface area contributed by atoms with E-state index in [-0.39, 0.29) is 6.61 Å². The second kappa shape index (κ2) is 6.35. The van der Waals surface area contributed by atoms with Gasteiger partial charge in [0, 0.05) is 6.42 Å². The Bertz CT molecular complexity index is 476. The maximum Gasteiger partial charge on any atom is 0.328 e.